The van der Waals surface area contributed by atoms with E-state index in [0.717, 1.165) is 43.6 Å². The van der Waals surface area contributed by atoms with Crippen molar-refractivity contribution in [2.75, 3.05) is 33.3 Å². The molecule has 6 nitrogen and oxygen atoms in total. The number of likely N-dealkylation sites (tertiary alicyclic amines) is 1. The van der Waals surface area contributed by atoms with Gasteiger partial charge in [-0.3, -0.25) is 9.80 Å². The van der Waals surface area contributed by atoms with Crippen LogP contribution in [0.15, 0.2) is 18.2 Å². The van der Waals surface area contributed by atoms with Crippen molar-refractivity contribution >= 4 is 0 Å². The Morgan fingerprint density at radius 2 is 1.81 bits per heavy atom. The van der Waals surface area contributed by atoms with E-state index in [9.17, 15) is 8.78 Å². The minimum atomic E-state index is -0.530. The SMILES string of the molecule is CN(CCO)Cc1nnc(C2CCN(Cc3cc(F)cc(F)c3)CC2)n1C. The van der Waals surface area contributed by atoms with Crippen LogP contribution in [0.5, 0.6) is 0 Å². The summed E-state index contributed by atoms with van der Waals surface area (Å²) in [5.74, 6) is 1.15. The molecular weight excluding hydrogens is 352 g/mol. The van der Waals surface area contributed by atoms with Gasteiger partial charge in [-0.25, -0.2) is 8.78 Å². The molecule has 1 aliphatic rings. The van der Waals surface area contributed by atoms with Gasteiger partial charge in [0.2, 0.25) is 0 Å². The van der Waals surface area contributed by atoms with Gasteiger partial charge in [0.05, 0.1) is 13.2 Å². The standard InChI is InChI=1S/C19H27F2N5O/c1-24(7-8-27)13-18-22-23-19(25(18)2)15-3-5-26(6-4-15)12-14-9-16(20)11-17(21)10-14/h9-11,15,27H,3-8,12-13H2,1-2H3. The number of nitrogens with zero attached hydrogens (tertiary/aromatic N) is 5. The maximum Gasteiger partial charge on any atom is 0.146 e. The number of hydrogen-bond acceptors (Lipinski definition) is 5. The van der Waals surface area contributed by atoms with Crippen molar-refractivity contribution in [3.63, 3.8) is 0 Å². The van der Waals surface area contributed by atoms with Crippen LogP contribution in [-0.4, -0.2) is 63.0 Å². The normalized spacial score (nSPS) is 16.4. The van der Waals surface area contributed by atoms with E-state index in [0.29, 0.717) is 31.1 Å². The topological polar surface area (TPSA) is 57.4 Å². The van der Waals surface area contributed by atoms with Crippen molar-refractivity contribution in [2.45, 2.75) is 31.8 Å². The molecule has 1 aromatic heterocycles. The molecule has 0 unspecified atom stereocenters. The highest BCUT2D eigenvalue weighted by atomic mass is 19.1. The Morgan fingerprint density at radius 3 is 2.44 bits per heavy atom. The van der Waals surface area contributed by atoms with E-state index < -0.39 is 11.6 Å². The van der Waals surface area contributed by atoms with Gasteiger partial charge in [-0.05, 0) is 50.7 Å². The van der Waals surface area contributed by atoms with E-state index in [4.69, 9.17) is 5.11 Å². The zero-order chi connectivity index (χ0) is 19.4. The lowest BCUT2D eigenvalue weighted by molar-refractivity contribution is 0.199. The van der Waals surface area contributed by atoms with Gasteiger partial charge in [0.1, 0.15) is 23.3 Å². The van der Waals surface area contributed by atoms with Gasteiger partial charge in [-0.1, -0.05) is 0 Å². The molecule has 0 radical (unpaired) electrons. The smallest absolute Gasteiger partial charge is 0.146 e. The molecule has 0 aliphatic carbocycles. The zero-order valence-corrected chi connectivity index (χ0v) is 15.9. The molecule has 0 spiro atoms. The average Bonchev–Trinajstić information content (AvgIpc) is 2.95. The minimum absolute atomic E-state index is 0.120. The van der Waals surface area contributed by atoms with Crippen LogP contribution in [0.3, 0.4) is 0 Å². The fraction of sp³-hybridized carbons (Fsp3) is 0.579. The molecule has 0 amide bonds. The maximum absolute atomic E-state index is 13.4. The quantitative estimate of drug-likeness (QED) is 0.796. The van der Waals surface area contributed by atoms with Crippen LogP contribution in [0.1, 0.15) is 36.0 Å². The molecule has 3 rings (SSSR count). The predicted molar refractivity (Wildman–Crippen MR) is 98.0 cm³/mol. The van der Waals surface area contributed by atoms with Crippen molar-refractivity contribution in [3.05, 3.63) is 47.0 Å². The zero-order valence-electron chi connectivity index (χ0n) is 15.9. The van der Waals surface area contributed by atoms with Gasteiger partial charge >= 0.3 is 0 Å². The number of piperidine rings is 1. The van der Waals surface area contributed by atoms with E-state index in [1.54, 1.807) is 0 Å². The third kappa shape index (κ3) is 5.09. The van der Waals surface area contributed by atoms with Crippen LogP contribution in [0.25, 0.3) is 0 Å². The highest BCUT2D eigenvalue weighted by molar-refractivity contribution is 5.18. The first kappa shape index (κ1) is 19.9. The van der Waals surface area contributed by atoms with Crippen LogP contribution < -0.4 is 0 Å². The Labute approximate surface area is 158 Å². The number of benzene rings is 1. The number of aliphatic hydroxyl groups excluding tert-OH is 1. The summed E-state index contributed by atoms with van der Waals surface area (Å²) >= 11 is 0. The predicted octanol–water partition coefficient (Wildman–Crippen LogP) is 1.90. The van der Waals surface area contributed by atoms with Crippen molar-refractivity contribution < 1.29 is 13.9 Å². The summed E-state index contributed by atoms with van der Waals surface area (Å²) in [6, 6.07) is 3.69. The Balaban J connectivity index is 1.57. The monoisotopic (exact) mass is 379 g/mol. The third-order valence-corrected chi connectivity index (χ3v) is 5.17. The number of rotatable bonds is 7. The van der Waals surface area contributed by atoms with Gasteiger partial charge in [0, 0.05) is 32.1 Å². The largest absolute Gasteiger partial charge is 0.395 e. The molecule has 1 aromatic carbocycles. The van der Waals surface area contributed by atoms with Crippen molar-refractivity contribution in [3.8, 4) is 0 Å². The Hall–Kier alpha value is -1.90. The fourth-order valence-electron chi connectivity index (χ4n) is 3.67. The Kier molecular flexibility index (Phi) is 6.51. The Morgan fingerprint density at radius 1 is 1.15 bits per heavy atom. The molecule has 0 bridgehead atoms. The highest BCUT2D eigenvalue weighted by Gasteiger charge is 2.25. The van der Waals surface area contributed by atoms with E-state index in [1.165, 1.54) is 12.1 Å². The van der Waals surface area contributed by atoms with Gasteiger partial charge < -0.3 is 9.67 Å². The number of likely N-dealkylation sites (N-methyl/N-ethyl adjacent to an activating group) is 1. The second-order valence-electron chi connectivity index (χ2n) is 7.32. The molecule has 2 heterocycles. The van der Waals surface area contributed by atoms with E-state index in [1.807, 2.05) is 19.0 Å². The molecule has 1 saturated heterocycles. The number of halogens is 2. The summed E-state index contributed by atoms with van der Waals surface area (Å²) < 4.78 is 28.8. The average molecular weight is 379 g/mol. The van der Waals surface area contributed by atoms with E-state index >= 15 is 0 Å². The summed E-state index contributed by atoms with van der Waals surface area (Å²) in [7, 11) is 3.93. The molecule has 0 atom stereocenters. The lowest BCUT2D eigenvalue weighted by Gasteiger charge is -2.31. The molecule has 1 aliphatic heterocycles. The summed E-state index contributed by atoms with van der Waals surface area (Å²) in [6.45, 7) is 3.63. The van der Waals surface area contributed by atoms with Gasteiger partial charge in [0.25, 0.3) is 0 Å². The van der Waals surface area contributed by atoms with Crippen LogP contribution in [-0.2, 0) is 20.1 Å². The third-order valence-electron chi connectivity index (χ3n) is 5.17. The second-order valence-corrected chi connectivity index (χ2v) is 7.32. The first-order valence-corrected chi connectivity index (χ1v) is 9.31. The number of aromatic nitrogens is 3. The molecule has 8 heteroatoms. The molecule has 148 valence electrons. The molecular formula is C19H27F2N5O. The van der Waals surface area contributed by atoms with Crippen LogP contribution in [0.4, 0.5) is 8.78 Å². The Bertz CT molecular complexity index is 738. The van der Waals surface area contributed by atoms with Gasteiger partial charge in [-0.15, -0.1) is 10.2 Å². The lowest BCUT2D eigenvalue weighted by Crippen LogP contribution is -2.33. The summed E-state index contributed by atoms with van der Waals surface area (Å²) in [5, 5.41) is 17.7. The van der Waals surface area contributed by atoms with Crippen molar-refractivity contribution in [1.29, 1.82) is 0 Å². The first-order valence-electron chi connectivity index (χ1n) is 9.31. The lowest BCUT2D eigenvalue weighted by atomic mass is 9.95. The molecule has 1 N–H and O–H groups in total. The van der Waals surface area contributed by atoms with Gasteiger partial charge in [-0.2, -0.15) is 0 Å². The van der Waals surface area contributed by atoms with Crippen LogP contribution in [0.2, 0.25) is 0 Å². The second kappa shape index (κ2) is 8.86. The van der Waals surface area contributed by atoms with Crippen LogP contribution >= 0.6 is 0 Å². The molecule has 2 aromatic rings. The highest BCUT2D eigenvalue weighted by Crippen LogP contribution is 2.28. The molecule has 1 fully saturated rings. The van der Waals surface area contributed by atoms with E-state index in [-0.39, 0.29) is 6.61 Å². The molecule has 0 saturated carbocycles. The van der Waals surface area contributed by atoms with E-state index in [2.05, 4.69) is 19.7 Å². The minimum Gasteiger partial charge on any atom is -0.395 e. The van der Waals surface area contributed by atoms with Gasteiger partial charge in [0.15, 0.2) is 0 Å². The van der Waals surface area contributed by atoms with Crippen molar-refractivity contribution in [1.82, 2.24) is 24.6 Å². The maximum atomic E-state index is 13.4. The van der Waals surface area contributed by atoms with Crippen LogP contribution in [0, 0.1) is 11.6 Å². The number of hydrogen-bond donors (Lipinski definition) is 1. The summed E-state index contributed by atoms with van der Waals surface area (Å²) in [4.78, 5) is 4.23. The first-order chi connectivity index (χ1) is 13.0. The van der Waals surface area contributed by atoms with Crippen molar-refractivity contribution in [2.24, 2.45) is 7.05 Å². The number of aliphatic hydroxyl groups is 1. The summed E-state index contributed by atoms with van der Waals surface area (Å²) in [5.41, 5.74) is 0.666. The fourth-order valence-corrected chi connectivity index (χ4v) is 3.67. The molecule has 27 heavy (non-hydrogen) atoms. The summed E-state index contributed by atoms with van der Waals surface area (Å²) in [6.07, 6.45) is 1.88.